The van der Waals surface area contributed by atoms with E-state index in [1.807, 2.05) is 31.3 Å². The van der Waals surface area contributed by atoms with E-state index in [9.17, 15) is 4.79 Å². The summed E-state index contributed by atoms with van der Waals surface area (Å²) in [7, 11) is 1.84. The van der Waals surface area contributed by atoms with Gasteiger partial charge in [0.05, 0.1) is 12.7 Å². The summed E-state index contributed by atoms with van der Waals surface area (Å²) in [6.45, 7) is 5.13. The summed E-state index contributed by atoms with van der Waals surface area (Å²) in [5.41, 5.74) is 1.90. The Bertz CT molecular complexity index is 428. The van der Waals surface area contributed by atoms with Crippen LogP contribution in [0, 0.1) is 0 Å². The van der Waals surface area contributed by atoms with Crippen LogP contribution in [0.4, 0.5) is 0 Å². The first-order valence-electron chi connectivity index (χ1n) is 6.88. The summed E-state index contributed by atoms with van der Waals surface area (Å²) in [6, 6.07) is 7.81. The number of carbonyl (C=O) groups excluding carboxylic acids is 1. The summed E-state index contributed by atoms with van der Waals surface area (Å²) < 4.78 is 5.63. The maximum Gasteiger partial charge on any atom is 0.253 e. The van der Waals surface area contributed by atoms with E-state index in [2.05, 4.69) is 12.2 Å². The van der Waals surface area contributed by atoms with Crippen LogP contribution in [0.3, 0.4) is 0 Å². The third kappa shape index (κ3) is 3.55. The van der Waals surface area contributed by atoms with Crippen LogP contribution in [0.5, 0.6) is 0 Å². The molecule has 1 atom stereocenters. The van der Waals surface area contributed by atoms with Gasteiger partial charge in [-0.3, -0.25) is 4.79 Å². The molecule has 1 aliphatic heterocycles. The van der Waals surface area contributed by atoms with E-state index in [0.717, 1.165) is 37.2 Å². The van der Waals surface area contributed by atoms with Crippen LogP contribution in [0.15, 0.2) is 24.3 Å². The fraction of sp³-hybridized carbons (Fsp3) is 0.533. The zero-order valence-corrected chi connectivity index (χ0v) is 11.7. The van der Waals surface area contributed by atoms with Gasteiger partial charge >= 0.3 is 0 Å². The molecule has 1 aromatic rings. The molecule has 4 nitrogen and oxygen atoms in total. The Morgan fingerprint density at radius 1 is 1.47 bits per heavy atom. The Morgan fingerprint density at radius 3 is 2.95 bits per heavy atom. The number of amides is 1. The molecular formula is C15H22N2O2. The Balaban J connectivity index is 2.01. The molecular weight excluding hydrogens is 240 g/mol. The first kappa shape index (κ1) is 14.0. The van der Waals surface area contributed by atoms with E-state index in [-0.39, 0.29) is 12.0 Å². The lowest BCUT2D eigenvalue weighted by atomic mass is 10.0. The minimum Gasteiger partial charge on any atom is -0.374 e. The van der Waals surface area contributed by atoms with Crippen LogP contribution < -0.4 is 5.32 Å². The van der Waals surface area contributed by atoms with Crippen molar-refractivity contribution in [2.75, 3.05) is 33.3 Å². The molecule has 0 radical (unpaired) electrons. The number of nitrogens with one attached hydrogen (secondary N) is 1. The standard InChI is InChI=1S/C15H22N2O2/c1-3-12-6-4-5-7-14(12)15(18)17(2)11-13-10-16-8-9-19-13/h4-7,13,16H,3,8-11H2,1-2H3. The van der Waals surface area contributed by atoms with Gasteiger partial charge in [0.15, 0.2) is 0 Å². The molecule has 1 aliphatic rings. The van der Waals surface area contributed by atoms with Crippen molar-refractivity contribution in [2.45, 2.75) is 19.4 Å². The fourth-order valence-electron chi connectivity index (χ4n) is 2.37. The number of ether oxygens (including phenoxy) is 1. The largest absolute Gasteiger partial charge is 0.374 e. The third-order valence-electron chi connectivity index (χ3n) is 3.46. The molecule has 1 unspecified atom stereocenters. The van der Waals surface area contributed by atoms with Gasteiger partial charge in [-0.05, 0) is 18.1 Å². The Hall–Kier alpha value is -1.39. The maximum absolute atomic E-state index is 12.4. The van der Waals surface area contributed by atoms with Gasteiger partial charge in [-0.1, -0.05) is 25.1 Å². The number of carbonyl (C=O) groups is 1. The van der Waals surface area contributed by atoms with Gasteiger partial charge in [-0.15, -0.1) is 0 Å². The van der Waals surface area contributed by atoms with E-state index < -0.39 is 0 Å². The van der Waals surface area contributed by atoms with Crippen LogP contribution in [0.25, 0.3) is 0 Å². The minimum absolute atomic E-state index is 0.0756. The molecule has 1 N–H and O–H groups in total. The third-order valence-corrected chi connectivity index (χ3v) is 3.46. The highest BCUT2D eigenvalue weighted by atomic mass is 16.5. The Labute approximate surface area is 114 Å². The SMILES string of the molecule is CCc1ccccc1C(=O)N(C)CC1CNCCO1. The zero-order chi connectivity index (χ0) is 13.7. The van der Waals surface area contributed by atoms with E-state index in [0.29, 0.717) is 6.54 Å². The molecule has 19 heavy (non-hydrogen) atoms. The topological polar surface area (TPSA) is 41.6 Å². The summed E-state index contributed by atoms with van der Waals surface area (Å²) >= 11 is 0. The van der Waals surface area contributed by atoms with Gasteiger partial charge in [-0.25, -0.2) is 0 Å². The molecule has 0 aliphatic carbocycles. The van der Waals surface area contributed by atoms with Crippen LogP contribution in [0.2, 0.25) is 0 Å². The average molecular weight is 262 g/mol. The summed E-state index contributed by atoms with van der Waals surface area (Å²) in [4.78, 5) is 14.2. The number of nitrogens with zero attached hydrogens (tertiary/aromatic N) is 1. The van der Waals surface area contributed by atoms with Gasteiger partial charge in [0.2, 0.25) is 0 Å². The van der Waals surface area contributed by atoms with Gasteiger partial charge in [0.1, 0.15) is 0 Å². The number of aryl methyl sites for hydroxylation is 1. The fourth-order valence-corrected chi connectivity index (χ4v) is 2.37. The number of rotatable bonds is 4. The van der Waals surface area contributed by atoms with Crippen molar-refractivity contribution in [1.82, 2.24) is 10.2 Å². The van der Waals surface area contributed by atoms with E-state index in [1.54, 1.807) is 4.90 Å². The predicted octanol–water partition coefficient (Wildman–Crippen LogP) is 1.31. The highest BCUT2D eigenvalue weighted by Gasteiger charge is 2.20. The van der Waals surface area contributed by atoms with Crippen LogP contribution in [-0.2, 0) is 11.2 Å². The first-order valence-corrected chi connectivity index (χ1v) is 6.88. The van der Waals surface area contributed by atoms with Gasteiger partial charge in [0, 0.05) is 32.2 Å². The minimum atomic E-state index is 0.0756. The lowest BCUT2D eigenvalue weighted by molar-refractivity contribution is 0.0103. The second-order valence-corrected chi connectivity index (χ2v) is 4.89. The smallest absolute Gasteiger partial charge is 0.253 e. The quantitative estimate of drug-likeness (QED) is 0.889. The predicted molar refractivity (Wildman–Crippen MR) is 75.4 cm³/mol. The molecule has 1 aromatic carbocycles. The summed E-state index contributed by atoms with van der Waals surface area (Å²) in [6.07, 6.45) is 0.966. The number of hydrogen-bond acceptors (Lipinski definition) is 3. The van der Waals surface area contributed by atoms with Crippen LogP contribution in [0.1, 0.15) is 22.8 Å². The summed E-state index contributed by atoms with van der Waals surface area (Å²) in [5.74, 6) is 0.0756. The average Bonchev–Trinajstić information content (AvgIpc) is 2.47. The monoisotopic (exact) mass is 262 g/mol. The molecule has 1 amide bonds. The molecule has 104 valence electrons. The van der Waals surface area contributed by atoms with Crippen molar-refractivity contribution in [2.24, 2.45) is 0 Å². The van der Waals surface area contributed by atoms with E-state index >= 15 is 0 Å². The highest BCUT2D eigenvalue weighted by Crippen LogP contribution is 2.12. The van der Waals surface area contributed by atoms with E-state index in [4.69, 9.17) is 4.74 Å². The second-order valence-electron chi connectivity index (χ2n) is 4.89. The normalized spacial score (nSPS) is 19.2. The van der Waals surface area contributed by atoms with Gasteiger partial charge in [0.25, 0.3) is 5.91 Å². The Morgan fingerprint density at radius 2 is 2.26 bits per heavy atom. The number of morpholine rings is 1. The van der Waals surface area contributed by atoms with Crippen LogP contribution >= 0.6 is 0 Å². The molecule has 1 saturated heterocycles. The molecule has 0 spiro atoms. The van der Waals surface area contributed by atoms with Crippen molar-refractivity contribution >= 4 is 5.91 Å². The Kier molecular flexibility index (Phi) is 4.93. The number of likely N-dealkylation sites (N-methyl/N-ethyl adjacent to an activating group) is 1. The van der Waals surface area contributed by atoms with Crippen molar-refractivity contribution in [3.8, 4) is 0 Å². The van der Waals surface area contributed by atoms with Crippen molar-refractivity contribution in [1.29, 1.82) is 0 Å². The molecule has 0 bridgehead atoms. The maximum atomic E-state index is 12.4. The first-order chi connectivity index (χ1) is 9.22. The molecule has 0 saturated carbocycles. The molecule has 0 aromatic heterocycles. The van der Waals surface area contributed by atoms with E-state index in [1.165, 1.54) is 0 Å². The van der Waals surface area contributed by atoms with Crippen LogP contribution in [-0.4, -0.2) is 50.2 Å². The van der Waals surface area contributed by atoms with Crippen molar-refractivity contribution in [3.63, 3.8) is 0 Å². The molecule has 1 fully saturated rings. The highest BCUT2D eigenvalue weighted by molar-refractivity contribution is 5.95. The lowest BCUT2D eigenvalue weighted by Crippen LogP contribution is -2.45. The lowest BCUT2D eigenvalue weighted by Gasteiger charge is -2.28. The summed E-state index contributed by atoms with van der Waals surface area (Å²) in [5, 5.41) is 3.28. The van der Waals surface area contributed by atoms with Gasteiger partial charge < -0.3 is 15.0 Å². The molecule has 1 heterocycles. The van der Waals surface area contributed by atoms with Crippen molar-refractivity contribution in [3.05, 3.63) is 35.4 Å². The second kappa shape index (κ2) is 6.68. The zero-order valence-electron chi connectivity index (χ0n) is 11.7. The number of hydrogen-bond donors (Lipinski definition) is 1. The van der Waals surface area contributed by atoms with Crippen molar-refractivity contribution < 1.29 is 9.53 Å². The molecule has 4 heteroatoms. The molecule has 2 rings (SSSR count). The number of benzene rings is 1. The van der Waals surface area contributed by atoms with Gasteiger partial charge in [-0.2, -0.15) is 0 Å².